The summed E-state index contributed by atoms with van der Waals surface area (Å²) in [5.41, 5.74) is -0.622. The van der Waals surface area contributed by atoms with Crippen molar-refractivity contribution in [2.45, 2.75) is 13.8 Å². The van der Waals surface area contributed by atoms with Crippen LogP contribution in [0.2, 0.25) is 0 Å². The first kappa shape index (κ1) is 12.6. The summed E-state index contributed by atoms with van der Waals surface area (Å²) in [6.45, 7) is 2.68. The Morgan fingerprint density at radius 3 is 2.15 bits per heavy atom. The SMILES string of the molecule is C=C(CN(C)CC(C)C)[B-](F)(F)F. The number of nitrogens with zero attached hydrogens (tertiary/aromatic N) is 1. The predicted octanol–water partition coefficient (Wildman–Crippen LogP) is 2.52. The van der Waals surface area contributed by atoms with Gasteiger partial charge in [-0.25, -0.2) is 0 Å². The zero-order valence-corrected chi connectivity index (χ0v) is 8.36. The molecule has 0 radical (unpaired) electrons. The lowest BCUT2D eigenvalue weighted by Crippen LogP contribution is -2.32. The van der Waals surface area contributed by atoms with Crippen LogP contribution in [0.25, 0.3) is 0 Å². The first-order chi connectivity index (χ1) is 5.73. The molecule has 0 N–H and O–H groups in total. The van der Waals surface area contributed by atoms with E-state index in [1.165, 1.54) is 0 Å². The fourth-order valence-corrected chi connectivity index (χ4v) is 1.14. The van der Waals surface area contributed by atoms with Gasteiger partial charge in [-0.3, -0.25) is 0 Å². The highest BCUT2D eigenvalue weighted by molar-refractivity contribution is 6.66. The molecular weight excluding hydrogens is 178 g/mol. The van der Waals surface area contributed by atoms with Crippen molar-refractivity contribution in [1.82, 2.24) is 4.90 Å². The van der Waals surface area contributed by atoms with Gasteiger partial charge in [0.2, 0.25) is 0 Å². The summed E-state index contributed by atoms with van der Waals surface area (Å²) in [5, 5.41) is 0. The number of hydrogen-bond acceptors (Lipinski definition) is 1. The molecule has 0 rings (SSSR count). The van der Waals surface area contributed by atoms with Gasteiger partial charge in [0, 0.05) is 6.54 Å². The standard InChI is InChI=1S/C8H16BF3N/c1-7(2)5-13(4)6-8(3)9(10,11)12/h7H,3,5-6H2,1-2,4H3/q-1. The minimum absolute atomic E-state index is 0.0817. The van der Waals surface area contributed by atoms with E-state index < -0.39 is 12.4 Å². The quantitative estimate of drug-likeness (QED) is 0.607. The Hall–Kier alpha value is -0.445. The topological polar surface area (TPSA) is 3.24 Å². The van der Waals surface area contributed by atoms with Crippen LogP contribution in [0.1, 0.15) is 13.8 Å². The van der Waals surface area contributed by atoms with E-state index in [1.807, 2.05) is 13.8 Å². The van der Waals surface area contributed by atoms with Crippen molar-refractivity contribution in [3.05, 3.63) is 12.1 Å². The van der Waals surface area contributed by atoms with Gasteiger partial charge in [0.05, 0.1) is 0 Å². The Morgan fingerprint density at radius 2 is 1.85 bits per heavy atom. The molecular formula is C8H16BF3N-. The highest BCUT2D eigenvalue weighted by Crippen LogP contribution is 2.18. The molecule has 5 heteroatoms. The maximum atomic E-state index is 12.1. The summed E-state index contributed by atoms with van der Waals surface area (Å²) >= 11 is 0. The minimum atomic E-state index is -4.87. The Balaban J connectivity index is 3.93. The molecule has 1 nitrogen and oxygen atoms in total. The lowest BCUT2D eigenvalue weighted by atomic mass is 9.80. The van der Waals surface area contributed by atoms with Gasteiger partial charge >= 0.3 is 6.98 Å². The third kappa shape index (κ3) is 5.74. The molecule has 0 aliphatic carbocycles. The number of hydrogen-bond donors (Lipinski definition) is 0. The third-order valence-corrected chi connectivity index (χ3v) is 1.61. The van der Waals surface area contributed by atoms with Crippen molar-refractivity contribution in [2.75, 3.05) is 20.1 Å². The zero-order valence-electron chi connectivity index (χ0n) is 8.36. The van der Waals surface area contributed by atoms with Crippen LogP contribution in [-0.2, 0) is 0 Å². The lowest BCUT2D eigenvalue weighted by molar-refractivity contribution is 0.315. The van der Waals surface area contributed by atoms with Crippen LogP contribution in [0, 0.1) is 5.92 Å². The Morgan fingerprint density at radius 1 is 1.38 bits per heavy atom. The van der Waals surface area contributed by atoms with Crippen LogP contribution in [0.3, 0.4) is 0 Å². The molecule has 0 aliphatic heterocycles. The number of halogens is 3. The van der Waals surface area contributed by atoms with Crippen molar-refractivity contribution in [1.29, 1.82) is 0 Å². The van der Waals surface area contributed by atoms with Gasteiger partial charge in [-0.15, -0.1) is 12.1 Å². The Labute approximate surface area is 77.7 Å². The summed E-state index contributed by atoms with van der Waals surface area (Å²) in [7, 11) is 1.67. The molecule has 78 valence electrons. The van der Waals surface area contributed by atoms with Crippen molar-refractivity contribution in [3.63, 3.8) is 0 Å². The van der Waals surface area contributed by atoms with E-state index in [1.54, 1.807) is 11.9 Å². The molecule has 0 aromatic heterocycles. The molecule has 0 bridgehead atoms. The average molecular weight is 194 g/mol. The van der Waals surface area contributed by atoms with Gasteiger partial charge in [0.25, 0.3) is 0 Å². The molecule has 0 saturated carbocycles. The van der Waals surface area contributed by atoms with Crippen molar-refractivity contribution < 1.29 is 12.9 Å². The molecule has 0 heterocycles. The fourth-order valence-electron chi connectivity index (χ4n) is 1.14. The van der Waals surface area contributed by atoms with Crippen LogP contribution in [0.4, 0.5) is 12.9 Å². The second-order valence-corrected chi connectivity index (χ2v) is 3.82. The maximum Gasteiger partial charge on any atom is 0.506 e. The normalized spacial score (nSPS) is 12.6. The molecule has 0 aromatic carbocycles. The Kier molecular flexibility index (Phi) is 4.54. The van der Waals surface area contributed by atoms with Crippen LogP contribution < -0.4 is 0 Å². The van der Waals surface area contributed by atoms with E-state index in [2.05, 4.69) is 6.58 Å². The first-order valence-electron chi connectivity index (χ1n) is 4.29. The minimum Gasteiger partial charge on any atom is -0.445 e. The molecule has 0 spiro atoms. The molecule has 0 atom stereocenters. The van der Waals surface area contributed by atoms with Crippen LogP contribution >= 0.6 is 0 Å². The van der Waals surface area contributed by atoms with E-state index in [4.69, 9.17) is 0 Å². The van der Waals surface area contributed by atoms with E-state index in [9.17, 15) is 12.9 Å². The summed E-state index contributed by atoms with van der Waals surface area (Å²) in [6, 6.07) is 0. The smallest absolute Gasteiger partial charge is 0.445 e. The van der Waals surface area contributed by atoms with Crippen LogP contribution in [0.15, 0.2) is 12.1 Å². The van der Waals surface area contributed by atoms with Crippen molar-refractivity contribution in [3.8, 4) is 0 Å². The Bertz CT molecular complexity index is 177. The predicted molar refractivity (Wildman–Crippen MR) is 50.6 cm³/mol. The van der Waals surface area contributed by atoms with Gasteiger partial charge in [-0.1, -0.05) is 13.8 Å². The summed E-state index contributed by atoms with van der Waals surface area (Å²) in [6.07, 6.45) is 0. The van der Waals surface area contributed by atoms with E-state index in [0.29, 0.717) is 12.5 Å². The van der Waals surface area contributed by atoms with E-state index in [0.717, 1.165) is 0 Å². The van der Waals surface area contributed by atoms with E-state index in [-0.39, 0.29) is 6.54 Å². The third-order valence-electron chi connectivity index (χ3n) is 1.61. The summed E-state index contributed by atoms with van der Waals surface area (Å²) in [4.78, 5) is 1.64. The van der Waals surface area contributed by atoms with Gasteiger partial charge in [-0.2, -0.15) is 0 Å². The first-order valence-corrected chi connectivity index (χ1v) is 4.29. The van der Waals surface area contributed by atoms with Gasteiger partial charge < -0.3 is 17.8 Å². The molecule has 0 saturated heterocycles. The van der Waals surface area contributed by atoms with Crippen LogP contribution in [-0.4, -0.2) is 32.0 Å². The van der Waals surface area contributed by atoms with Gasteiger partial charge in [0.15, 0.2) is 0 Å². The summed E-state index contributed by atoms with van der Waals surface area (Å²) in [5.74, 6) is 0.374. The zero-order chi connectivity index (χ0) is 10.6. The molecule has 0 amide bonds. The second-order valence-electron chi connectivity index (χ2n) is 3.82. The lowest BCUT2D eigenvalue weighted by Gasteiger charge is -2.25. The number of rotatable bonds is 5. The van der Waals surface area contributed by atoms with Crippen molar-refractivity contribution in [2.24, 2.45) is 5.92 Å². The largest absolute Gasteiger partial charge is 0.506 e. The molecule has 0 unspecified atom stereocenters. The van der Waals surface area contributed by atoms with Crippen molar-refractivity contribution >= 4 is 6.98 Å². The average Bonchev–Trinajstić information content (AvgIpc) is 1.82. The van der Waals surface area contributed by atoms with Crippen LogP contribution in [0.5, 0.6) is 0 Å². The molecule has 13 heavy (non-hydrogen) atoms. The fraction of sp³-hybridized carbons (Fsp3) is 0.750. The van der Waals surface area contributed by atoms with Gasteiger partial charge in [-0.05, 0) is 19.5 Å². The van der Waals surface area contributed by atoms with E-state index >= 15 is 0 Å². The maximum absolute atomic E-state index is 12.1. The highest BCUT2D eigenvalue weighted by atomic mass is 19.4. The second kappa shape index (κ2) is 4.70. The monoisotopic (exact) mass is 194 g/mol. The highest BCUT2D eigenvalue weighted by Gasteiger charge is 2.27. The molecule has 0 aromatic rings. The summed E-state index contributed by atoms with van der Waals surface area (Å²) < 4.78 is 36.2. The molecule has 0 aliphatic rings. The van der Waals surface area contributed by atoms with Gasteiger partial charge in [0.1, 0.15) is 0 Å². The number of likely N-dealkylation sites (N-methyl/N-ethyl adjacent to an activating group) is 1. The molecule has 0 fully saturated rings.